The smallest absolute Gasteiger partial charge is 0.232 e. The summed E-state index contributed by atoms with van der Waals surface area (Å²) in [6, 6.07) is 19.8. The van der Waals surface area contributed by atoms with E-state index in [0.717, 1.165) is 43.6 Å². The third-order valence-corrected chi connectivity index (χ3v) is 5.36. The van der Waals surface area contributed by atoms with E-state index in [2.05, 4.69) is 4.90 Å². The van der Waals surface area contributed by atoms with Crippen LogP contribution in [0.5, 0.6) is 0 Å². The summed E-state index contributed by atoms with van der Waals surface area (Å²) in [7, 11) is 0. The Morgan fingerprint density at radius 2 is 1.39 bits per heavy atom. The van der Waals surface area contributed by atoms with Crippen LogP contribution in [0.25, 0.3) is 0 Å². The van der Waals surface area contributed by atoms with Gasteiger partial charge in [0, 0.05) is 19.7 Å². The minimum Gasteiger partial charge on any atom is -0.396 e. The van der Waals surface area contributed by atoms with Gasteiger partial charge in [-0.1, -0.05) is 102 Å². The highest BCUT2D eigenvalue weighted by atomic mass is 16.3. The Morgan fingerprint density at radius 3 is 1.77 bits per heavy atom. The van der Waals surface area contributed by atoms with Crippen molar-refractivity contribution in [3.05, 3.63) is 71.8 Å². The molecule has 1 heterocycles. The summed E-state index contributed by atoms with van der Waals surface area (Å²) in [5, 5.41) is 9.10. The molecule has 0 bridgehead atoms. The van der Waals surface area contributed by atoms with Crippen molar-refractivity contribution in [1.29, 1.82) is 0 Å². The molecule has 1 unspecified atom stereocenters. The monoisotopic (exact) mass is 428 g/mol. The van der Waals surface area contributed by atoms with E-state index in [1.807, 2.05) is 102 Å². The molecule has 174 valence electrons. The summed E-state index contributed by atoms with van der Waals surface area (Å²) in [5.41, 5.74) is 7.16. The maximum absolute atomic E-state index is 12.9. The van der Waals surface area contributed by atoms with E-state index in [0.29, 0.717) is 0 Å². The molecule has 0 aromatic heterocycles. The van der Waals surface area contributed by atoms with Gasteiger partial charge in [0.2, 0.25) is 5.91 Å². The number of likely N-dealkylation sites (tertiary alicyclic amines) is 1. The number of carbonyl (C=O) groups is 1. The van der Waals surface area contributed by atoms with Gasteiger partial charge in [-0.3, -0.25) is 4.79 Å². The number of hydrogen-bond acceptors (Lipinski definition) is 3. The van der Waals surface area contributed by atoms with E-state index in [4.69, 9.17) is 10.8 Å². The normalized spacial score (nSPS) is 15.4. The molecule has 3 rings (SSSR count). The molecular weight excluding hydrogens is 384 g/mol. The van der Waals surface area contributed by atoms with Gasteiger partial charge in [-0.2, -0.15) is 0 Å². The van der Waals surface area contributed by atoms with Crippen molar-refractivity contribution in [2.45, 2.75) is 59.8 Å². The maximum atomic E-state index is 12.9. The fraction of sp³-hybridized carbons (Fsp3) is 0.519. The van der Waals surface area contributed by atoms with Gasteiger partial charge in [-0.15, -0.1) is 0 Å². The lowest BCUT2D eigenvalue weighted by atomic mass is 9.64. The van der Waals surface area contributed by atoms with Crippen LogP contribution in [0.3, 0.4) is 0 Å². The molecule has 4 nitrogen and oxygen atoms in total. The van der Waals surface area contributed by atoms with Gasteiger partial charge >= 0.3 is 0 Å². The topological polar surface area (TPSA) is 66.6 Å². The van der Waals surface area contributed by atoms with Crippen molar-refractivity contribution in [2.75, 3.05) is 26.2 Å². The molecule has 1 aliphatic heterocycles. The molecule has 1 fully saturated rings. The van der Waals surface area contributed by atoms with Crippen LogP contribution in [0.4, 0.5) is 0 Å². The molecule has 4 heteroatoms. The van der Waals surface area contributed by atoms with E-state index in [1.165, 1.54) is 0 Å². The van der Waals surface area contributed by atoms with Crippen LogP contribution in [-0.2, 0) is 10.2 Å². The summed E-state index contributed by atoms with van der Waals surface area (Å²) in [6.07, 6.45) is 1.67. The van der Waals surface area contributed by atoms with Crippen LogP contribution in [-0.4, -0.2) is 42.2 Å². The second kappa shape index (κ2) is 16.5. The van der Waals surface area contributed by atoms with Gasteiger partial charge < -0.3 is 15.7 Å². The number of nitrogens with two attached hydrogens (primary N) is 1. The van der Waals surface area contributed by atoms with Crippen LogP contribution in [0.1, 0.15) is 65.5 Å². The predicted molar refractivity (Wildman–Crippen MR) is 133 cm³/mol. The van der Waals surface area contributed by atoms with Crippen LogP contribution in [0, 0.1) is 5.92 Å². The van der Waals surface area contributed by atoms with E-state index in [9.17, 15) is 4.79 Å². The van der Waals surface area contributed by atoms with Crippen molar-refractivity contribution in [2.24, 2.45) is 11.7 Å². The number of hydrogen-bond donors (Lipinski definition) is 2. The summed E-state index contributed by atoms with van der Waals surface area (Å²) in [4.78, 5) is 15.2. The molecule has 1 atom stereocenters. The first kappa shape index (κ1) is 28.8. The summed E-state index contributed by atoms with van der Waals surface area (Å²) >= 11 is 0. The lowest BCUT2D eigenvalue weighted by molar-refractivity contribution is -0.123. The summed E-state index contributed by atoms with van der Waals surface area (Å²) < 4.78 is 0. The molecule has 1 amide bonds. The molecule has 0 spiro atoms. The molecule has 0 aliphatic carbocycles. The van der Waals surface area contributed by atoms with Crippen molar-refractivity contribution in [3.63, 3.8) is 0 Å². The number of aliphatic hydroxyl groups is 1. The van der Waals surface area contributed by atoms with E-state index in [1.54, 1.807) is 0 Å². The average Bonchev–Trinajstić information content (AvgIpc) is 3.32. The largest absolute Gasteiger partial charge is 0.396 e. The van der Waals surface area contributed by atoms with Gasteiger partial charge in [0.05, 0.1) is 0 Å². The van der Waals surface area contributed by atoms with E-state index < -0.39 is 5.41 Å². The van der Waals surface area contributed by atoms with E-state index >= 15 is 0 Å². The number of amides is 1. The summed E-state index contributed by atoms with van der Waals surface area (Å²) in [6.45, 7) is 14.8. The SMILES string of the molecule is CC.CC.CC.NC(=O)C(c1ccccc1)(c1ccccc1)C1CCN(CCCO)C1. The third-order valence-electron chi connectivity index (χ3n) is 5.36. The number of aliphatic hydroxyl groups excluding tert-OH is 1. The second-order valence-electron chi connectivity index (χ2n) is 6.77. The molecule has 0 radical (unpaired) electrons. The number of primary amides is 1. The Balaban J connectivity index is 0.00000138. The van der Waals surface area contributed by atoms with Gasteiger partial charge in [-0.05, 0) is 36.4 Å². The molecule has 1 aliphatic rings. The average molecular weight is 429 g/mol. The zero-order chi connectivity index (χ0) is 23.7. The Hall–Kier alpha value is -2.17. The van der Waals surface area contributed by atoms with Crippen LogP contribution in [0.2, 0.25) is 0 Å². The maximum Gasteiger partial charge on any atom is 0.232 e. The van der Waals surface area contributed by atoms with Crippen LogP contribution < -0.4 is 5.73 Å². The number of benzene rings is 2. The number of rotatable bonds is 7. The first-order chi connectivity index (χ1) is 15.2. The van der Waals surface area contributed by atoms with Crippen molar-refractivity contribution in [1.82, 2.24) is 4.90 Å². The fourth-order valence-electron chi connectivity index (χ4n) is 4.21. The molecular formula is C27H44N2O2. The quantitative estimate of drug-likeness (QED) is 0.634. The van der Waals surface area contributed by atoms with Gasteiger partial charge in [-0.25, -0.2) is 0 Å². The third kappa shape index (κ3) is 7.19. The molecule has 31 heavy (non-hydrogen) atoms. The standard InChI is InChI=1S/C21H26N2O2.3C2H6/c22-20(25)21(17-8-3-1-4-9-17,18-10-5-2-6-11-18)19-12-14-23(16-19)13-7-15-24;3*1-2/h1-6,8-11,19,24H,7,12-16H2,(H2,22,25);3*1-2H3. The highest BCUT2D eigenvalue weighted by molar-refractivity contribution is 5.91. The van der Waals surface area contributed by atoms with Gasteiger partial charge in [0.25, 0.3) is 0 Å². The molecule has 1 saturated heterocycles. The first-order valence-electron chi connectivity index (χ1n) is 11.9. The Labute approximate surface area is 190 Å². The van der Waals surface area contributed by atoms with Crippen LogP contribution in [0.15, 0.2) is 60.7 Å². The van der Waals surface area contributed by atoms with Gasteiger partial charge in [0.1, 0.15) is 5.41 Å². The Kier molecular flexibility index (Phi) is 15.4. The lowest BCUT2D eigenvalue weighted by Crippen LogP contribution is -2.49. The second-order valence-corrected chi connectivity index (χ2v) is 6.77. The highest BCUT2D eigenvalue weighted by Crippen LogP contribution is 2.43. The minimum atomic E-state index is -0.823. The number of carbonyl (C=O) groups excluding carboxylic acids is 1. The van der Waals surface area contributed by atoms with E-state index in [-0.39, 0.29) is 18.4 Å². The van der Waals surface area contributed by atoms with Gasteiger partial charge in [0.15, 0.2) is 0 Å². The zero-order valence-corrected chi connectivity index (χ0v) is 20.5. The first-order valence-corrected chi connectivity index (χ1v) is 11.9. The molecule has 3 N–H and O–H groups in total. The molecule has 0 saturated carbocycles. The lowest BCUT2D eigenvalue weighted by Gasteiger charge is -2.37. The number of nitrogens with zero attached hydrogens (tertiary/aromatic N) is 1. The van der Waals surface area contributed by atoms with Crippen LogP contribution >= 0.6 is 0 Å². The van der Waals surface area contributed by atoms with Crippen molar-refractivity contribution < 1.29 is 9.90 Å². The fourth-order valence-corrected chi connectivity index (χ4v) is 4.21. The molecule has 2 aromatic carbocycles. The minimum absolute atomic E-state index is 0.119. The Bertz CT molecular complexity index is 649. The zero-order valence-electron chi connectivity index (χ0n) is 20.5. The van der Waals surface area contributed by atoms with Crippen molar-refractivity contribution in [3.8, 4) is 0 Å². The van der Waals surface area contributed by atoms with Crippen molar-refractivity contribution >= 4 is 5.91 Å². The Morgan fingerprint density at radius 1 is 0.935 bits per heavy atom. The highest BCUT2D eigenvalue weighted by Gasteiger charge is 2.49. The molecule has 2 aromatic rings. The summed E-state index contributed by atoms with van der Waals surface area (Å²) in [5.74, 6) is -0.174. The predicted octanol–water partition coefficient (Wildman–Crippen LogP) is 5.24.